The van der Waals surface area contributed by atoms with Crippen LogP contribution in [0.25, 0.3) is 27.9 Å². The van der Waals surface area contributed by atoms with Crippen LogP contribution in [0.4, 0.5) is 5.82 Å². The van der Waals surface area contributed by atoms with Gasteiger partial charge >= 0.3 is 0 Å². The summed E-state index contributed by atoms with van der Waals surface area (Å²) in [5.41, 5.74) is 5.83. The van der Waals surface area contributed by atoms with Crippen LogP contribution in [-0.4, -0.2) is 26.8 Å². The highest BCUT2D eigenvalue weighted by molar-refractivity contribution is 5.86. The van der Waals surface area contributed by atoms with Crippen LogP contribution in [0.5, 0.6) is 0 Å². The Balaban J connectivity index is 1.86. The standard InChI is InChI=1S/C23H25N5O/c1-15(2)12-25-22-23-26-14-21(28(23)20-10-5-4-9-19(20)27-22)18-8-6-7-17(11-18)13-24-16(3)29/h4-11,14-15H,12-13H2,1-3H3,(H,24,29)(H,25,27). The molecule has 0 spiro atoms. The number of aromatic nitrogens is 3. The lowest BCUT2D eigenvalue weighted by atomic mass is 10.1. The number of hydrogen-bond donors (Lipinski definition) is 2. The van der Waals surface area contributed by atoms with Gasteiger partial charge in [-0.05, 0) is 29.7 Å². The van der Waals surface area contributed by atoms with Crippen LogP contribution in [0.2, 0.25) is 0 Å². The highest BCUT2D eigenvalue weighted by Crippen LogP contribution is 2.29. The fourth-order valence-electron chi connectivity index (χ4n) is 3.37. The predicted molar refractivity (Wildman–Crippen MR) is 117 cm³/mol. The first-order valence-corrected chi connectivity index (χ1v) is 9.86. The molecule has 0 fully saturated rings. The van der Waals surface area contributed by atoms with Gasteiger partial charge in [0.15, 0.2) is 11.5 Å². The van der Waals surface area contributed by atoms with Crippen LogP contribution in [0.1, 0.15) is 26.3 Å². The van der Waals surface area contributed by atoms with Gasteiger partial charge in [-0.1, -0.05) is 44.2 Å². The smallest absolute Gasteiger partial charge is 0.217 e. The lowest BCUT2D eigenvalue weighted by Gasteiger charge is -2.13. The molecule has 0 unspecified atom stereocenters. The molecule has 2 heterocycles. The minimum Gasteiger partial charge on any atom is -0.367 e. The maximum Gasteiger partial charge on any atom is 0.217 e. The van der Waals surface area contributed by atoms with Gasteiger partial charge in [-0.25, -0.2) is 9.97 Å². The quantitative estimate of drug-likeness (QED) is 0.519. The Hall–Kier alpha value is -3.41. The molecule has 0 saturated carbocycles. The molecule has 0 bridgehead atoms. The fourth-order valence-corrected chi connectivity index (χ4v) is 3.37. The molecule has 0 radical (unpaired) electrons. The van der Waals surface area contributed by atoms with Crippen molar-refractivity contribution in [1.29, 1.82) is 0 Å². The van der Waals surface area contributed by atoms with Crippen molar-refractivity contribution in [3.05, 3.63) is 60.3 Å². The van der Waals surface area contributed by atoms with Gasteiger partial charge in [0.25, 0.3) is 0 Å². The molecular weight excluding hydrogens is 362 g/mol. The molecule has 2 aromatic heterocycles. The molecule has 0 aliphatic heterocycles. The Kier molecular flexibility index (Phi) is 5.16. The van der Waals surface area contributed by atoms with E-state index in [1.165, 1.54) is 6.92 Å². The monoisotopic (exact) mass is 387 g/mol. The number of nitrogens with zero attached hydrogens (tertiary/aromatic N) is 3. The largest absolute Gasteiger partial charge is 0.367 e. The number of rotatable bonds is 6. The number of hydrogen-bond acceptors (Lipinski definition) is 4. The number of para-hydroxylation sites is 2. The minimum absolute atomic E-state index is 0.0388. The van der Waals surface area contributed by atoms with Crippen molar-refractivity contribution in [3.8, 4) is 11.3 Å². The van der Waals surface area contributed by atoms with E-state index in [0.29, 0.717) is 12.5 Å². The Morgan fingerprint density at radius 3 is 2.76 bits per heavy atom. The van der Waals surface area contributed by atoms with E-state index in [2.05, 4.69) is 47.1 Å². The molecule has 148 valence electrons. The average Bonchev–Trinajstić information content (AvgIpc) is 3.16. The molecule has 0 aliphatic carbocycles. The third kappa shape index (κ3) is 3.92. The third-order valence-corrected chi connectivity index (χ3v) is 4.77. The number of carbonyl (C=O) groups excluding carboxylic acids is 1. The van der Waals surface area contributed by atoms with Crippen molar-refractivity contribution in [3.63, 3.8) is 0 Å². The molecular formula is C23H25N5O. The van der Waals surface area contributed by atoms with Crippen LogP contribution >= 0.6 is 0 Å². The third-order valence-electron chi connectivity index (χ3n) is 4.77. The zero-order valence-electron chi connectivity index (χ0n) is 16.9. The van der Waals surface area contributed by atoms with Gasteiger partial charge in [0.05, 0.1) is 22.9 Å². The van der Waals surface area contributed by atoms with Gasteiger partial charge in [0.1, 0.15) is 0 Å². The summed E-state index contributed by atoms with van der Waals surface area (Å²) in [5, 5.41) is 6.30. The summed E-state index contributed by atoms with van der Waals surface area (Å²) in [6, 6.07) is 16.3. The van der Waals surface area contributed by atoms with E-state index in [1.54, 1.807) is 0 Å². The molecule has 4 rings (SSSR count). The Labute approximate surface area is 170 Å². The van der Waals surface area contributed by atoms with Gasteiger partial charge in [-0.2, -0.15) is 0 Å². The van der Waals surface area contributed by atoms with Crippen molar-refractivity contribution < 1.29 is 4.79 Å². The molecule has 1 amide bonds. The summed E-state index contributed by atoms with van der Waals surface area (Å²) in [6.07, 6.45) is 1.89. The first kappa shape index (κ1) is 18.9. The highest BCUT2D eigenvalue weighted by Gasteiger charge is 2.15. The van der Waals surface area contributed by atoms with Crippen LogP contribution in [-0.2, 0) is 11.3 Å². The minimum atomic E-state index is -0.0388. The summed E-state index contributed by atoms with van der Waals surface area (Å²) in [6.45, 7) is 7.20. The fraction of sp³-hybridized carbons (Fsp3) is 0.261. The summed E-state index contributed by atoms with van der Waals surface area (Å²) in [4.78, 5) is 20.8. The predicted octanol–water partition coefficient (Wildman–Crippen LogP) is 4.25. The van der Waals surface area contributed by atoms with Crippen LogP contribution in [0.15, 0.2) is 54.7 Å². The van der Waals surface area contributed by atoms with Crippen LogP contribution < -0.4 is 10.6 Å². The van der Waals surface area contributed by atoms with Gasteiger partial charge < -0.3 is 10.6 Å². The summed E-state index contributed by atoms with van der Waals surface area (Å²) >= 11 is 0. The highest BCUT2D eigenvalue weighted by atomic mass is 16.1. The molecule has 2 N–H and O–H groups in total. The second kappa shape index (κ2) is 7.91. The molecule has 6 heteroatoms. The Morgan fingerprint density at radius 2 is 1.97 bits per heavy atom. The number of anilines is 1. The molecule has 2 aromatic carbocycles. The summed E-state index contributed by atoms with van der Waals surface area (Å²) in [7, 11) is 0. The first-order valence-electron chi connectivity index (χ1n) is 9.86. The first-order chi connectivity index (χ1) is 14.0. The Bertz CT molecular complexity index is 1180. The lowest BCUT2D eigenvalue weighted by Crippen LogP contribution is -2.18. The summed E-state index contributed by atoms with van der Waals surface area (Å²) in [5.74, 6) is 1.25. The van der Waals surface area contributed by atoms with Crippen molar-refractivity contribution in [2.24, 2.45) is 5.92 Å². The SMILES string of the molecule is CC(=O)NCc1cccc(-c2cnc3c(NCC(C)C)nc4ccccc4n23)c1. The van der Waals surface area contributed by atoms with E-state index in [-0.39, 0.29) is 5.91 Å². The second-order valence-corrected chi connectivity index (χ2v) is 7.64. The Morgan fingerprint density at radius 1 is 1.14 bits per heavy atom. The molecule has 0 aliphatic rings. The number of nitrogens with one attached hydrogen (secondary N) is 2. The average molecular weight is 387 g/mol. The van der Waals surface area contributed by atoms with Crippen LogP contribution in [0.3, 0.4) is 0 Å². The molecule has 0 saturated heterocycles. The number of imidazole rings is 1. The number of fused-ring (bicyclic) bond motifs is 3. The number of amides is 1. The molecule has 4 aromatic rings. The molecule has 29 heavy (non-hydrogen) atoms. The normalized spacial score (nSPS) is 11.3. The van der Waals surface area contributed by atoms with Crippen molar-refractivity contribution >= 4 is 28.4 Å². The zero-order valence-corrected chi connectivity index (χ0v) is 16.9. The van der Waals surface area contributed by atoms with Gasteiger partial charge in [0, 0.05) is 25.6 Å². The van der Waals surface area contributed by atoms with E-state index in [0.717, 1.165) is 45.9 Å². The van der Waals surface area contributed by atoms with Crippen LogP contribution in [0, 0.1) is 5.92 Å². The van der Waals surface area contributed by atoms with E-state index in [4.69, 9.17) is 9.97 Å². The van der Waals surface area contributed by atoms with E-state index in [1.807, 2.05) is 36.5 Å². The zero-order chi connectivity index (χ0) is 20.4. The number of carbonyl (C=O) groups is 1. The van der Waals surface area contributed by atoms with E-state index in [9.17, 15) is 4.79 Å². The second-order valence-electron chi connectivity index (χ2n) is 7.64. The maximum absolute atomic E-state index is 11.3. The topological polar surface area (TPSA) is 71.3 Å². The lowest BCUT2D eigenvalue weighted by molar-refractivity contribution is -0.119. The maximum atomic E-state index is 11.3. The van der Waals surface area contributed by atoms with E-state index >= 15 is 0 Å². The van der Waals surface area contributed by atoms with Crippen molar-refractivity contribution in [2.75, 3.05) is 11.9 Å². The van der Waals surface area contributed by atoms with Crippen molar-refractivity contribution in [2.45, 2.75) is 27.3 Å². The summed E-state index contributed by atoms with van der Waals surface area (Å²) < 4.78 is 2.16. The molecule has 0 atom stereocenters. The number of benzene rings is 2. The molecule has 6 nitrogen and oxygen atoms in total. The van der Waals surface area contributed by atoms with Gasteiger partial charge in [-0.3, -0.25) is 9.20 Å². The van der Waals surface area contributed by atoms with Gasteiger partial charge in [0.2, 0.25) is 5.91 Å². The van der Waals surface area contributed by atoms with Crippen molar-refractivity contribution in [1.82, 2.24) is 19.7 Å². The van der Waals surface area contributed by atoms with Gasteiger partial charge in [-0.15, -0.1) is 0 Å². The van der Waals surface area contributed by atoms with E-state index < -0.39 is 0 Å².